The van der Waals surface area contributed by atoms with Gasteiger partial charge in [-0.05, 0) is 0 Å². The lowest BCUT2D eigenvalue weighted by Crippen LogP contribution is -2.70. The fourth-order valence-electron chi connectivity index (χ4n) is 7.73. The van der Waals surface area contributed by atoms with E-state index in [1.54, 1.807) is 0 Å². The molecule has 5 rings (SSSR count). The van der Waals surface area contributed by atoms with Crippen molar-refractivity contribution in [2.45, 2.75) is 167 Å². The van der Waals surface area contributed by atoms with Crippen molar-refractivity contribution in [2.24, 2.45) is 0 Å². The Hall–Kier alpha value is -2.02. The molecule has 28 heteroatoms. The maximum Gasteiger partial charge on any atom is 0.217 e. The summed E-state index contributed by atoms with van der Waals surface area (Å²) in [5, 5.41) is 163. The first-order valence-corrected chi connectivity index (χ1v) is 19.6. The van der Waals surface area contributed by atoms with Crippen LogP contribution in [0.1, 0.15) is 13.8 Å². The second-order valence-corrected chi connectivity index (χ2v) is 15.5. The van der Waals surface area contributed by atoms with E-state index in [0.29, 0.717) is 0 Å². The highest BCUT2D eigenvalue weighted by molar-refractivity contribution is 5.73. The third-order valence-corrected chi connectivity index (χ3v) is 11.1. The van der Waals surface area contributed by atoms with Gasteiger partial charge in [0, 0.05) is 13.8 Å². The number of hydrogen-bond donors (Lipinski definition) is 17. The molecule has 0 aromatic rings. The van der Waals surface area contributed by atoms with Gasteiger partial charge in [-0.2, -0.15) is 0 Å². The predicted octanol–water partition coefficient (Wildman–Crippen LogP) is -11.6. The van der Waals surface area contributed by atoms with E-state index < -0.39 is 198 Å². The second kappa shape index (κ2) is 22.0. The molecule has 0 spiro atoms. The van der Waals surface area contributed by atoms with Crippen LogP contribution in [0.4, 0.5) is 0 Å². The summed E-state index contributed by atoms with van der Waals surface area (Å²) < 4.78 is 50.8. The lowest BCUT2D eigenvalue weighted by molar-refractivity contribution is -0.384. The molecule has 25 atom stereocenters. The number of nitrogens with one attached hydrogen (secondary N) is 2. The first-order chi connectivity index (χ1) is 29.3. The van der Waals surface area contributed by atoms with E-state index in [1.807, 2.05) is 0 Å². The molecule has 17 N–H and O–H groups in total. The summed E-state index contributed by atoms with van der Waals surface area (Å²) in [5.74, 6) is -1.49. The number of aliphatic hydroxyl groups excluding tert-OH is 15. The number of hydrogen-bond acceptors (Lipinski definition) is 26. The molecule has 0 unspecified atom stereocenters. The van der Waals surface area contributed by atoms with Crippen LogP contribution in [0.5, 0.6) is 0 Å². The normalized spacial score (nSPS) is 49.0. The van der Waals surface area contributed by atoms with Gasteiger partial charge in [-0.15, -0.1) is 0 Å². The van der Waals surface area contributed by atoms with Crippen LogP contribution in [0.2, 0.25) is 0 Å². The highest BCUT2D eigenvalue weighted by atomic mass is 16.8. The molecule has 5 fully saturated rings. The summed E-state index contributed by atoms with van der Waals surface area (Å²) >= 11 is 0. The fraction of sp³-hybridized carbons (Fsp3) is 0.941. The van der Waals surface area contributed by atoms with E-state index in [2.05, 4.69) is 10.6 Å². The third kappa shape index (κ3) is 11.0. The van der Waals surface area contributed by atoms with Gasteiger partial charge in [-0.1, -0.05) is 0 Å². The topological polar surface area (TPSA) is 445 Å². The van der Waals surface area contributed by atoms with Crippen molar-refractivity contribution in [2.75, 3.05) is 33.0 Å². The van der Waals surface area contributed by atoms with Gasteiger partial charge in [0.25, 0.3) is 0 Å². The van der Waals surface area contributed by atoms with Crippen LogP contribution in [0.3, 0.4) is 0 Å². The standard InChI is InChI=1S/C34H58N2O26/c1-8(41)35-15-20(46)27(12(5-39)55-30(15)53)60-31-16(36-9(2)42)21(47)28(13(6-40)58-31)61-34-26(52)29(62-33-25(51)23(49)18(44)11(4-38)57-33)19(45)14(59-34)7-54-32-24(50)22(48)17(43)10(3-37)56-32/h10-34,37-40,43-53H,3-7H2,1-2H3,(H,35,41)(H,36,42)/t10-,11-,12-,13-,14-,15-,16-,17-,18-,19-,20-,21-,22+,23+,24+,25+,26+,27-,28-,29+,30-,31+,32+,33-,34-/m1/s1. The molecule has 0 radical (unpaired) electrons. The molecule has 0 aromatic carbocycles. The lowest BCUT2D eigenvalue weighted by atomic mass is 9.94. The number of carbonyl (C=O) groups excluding carboxylic acids is 2. The van der Waals surface area contributed by atoms with Crippen LogP contribution in [0, 0.1) is 0 Å². The third-order valence-electron chi connectivity index (χ3n) is 11.1. The zero-order chi connectivity index (χ0) is 45.9. The fourth-order valence-corrected chi connectivity index (χ4v) is 7.73. The van der Waals surface area contributed by atoms with Crippen molar-refractivity contribution in [3.05, 3.63) is 0 Å². The van der Waals surface area contributed by atoms with Gasteiger partial charge in [0.05, 0.1) is 33.0 Å². The molecule has 2 amide bonds. The highest BCUT2D eigenvalue weighted by Crippen LogP contribution is 2.35. The quantitative estimate of drug-likeness (QED) is 0.0725. The van der Waals surface area contributed by atoms with Gasteiger partial charge in [-0.3, -0.25) is 9.59 Å². The molecule has 5 aliphatic heterocycles. The number of carbonyl (C=O) groups is 2. The molecule has 0 aliphatic carbocycles. The molecule has 28 nitrogen and oxygen atoms in total. The molecular formula is C34H58N2O26. The Morgan fingerprint density at radius 3 is 1.35 bits per heavy atom. The van der Waals surface area contributed by atoms with Crippen LogP contribution < -0.4 is 10.6 Å². The Bertz CT molecular complexity index is 1440. The first kappa shape index (κ1) is 51.0. The second-order valence-electron chi connectivity index (χ2n) is 15.5. The van der Waals surface area contributed by atoms with Gasteiger partial charge in [-0.25, -0.2) is 0 Å². The number of aliphatic hydroxyl groups is 15. The van der Waals surface area contributed by atoms with Crippen molar-refractivity contribution < 1.29 is 129 Å². The number of ether oxygens (including phenoxy) is 9. The zero-order valence-electron chi connectivity index (χ0n) is 33.2. The molecule has 5 heterocycles. The SMILES string of the molecule is CC(=O)N[C@@H]1[C@@H](O)[C@H](O[C@@H]2O[C@H](CO)[C@@H](O[C@H]3O[C@H](CO[C@H]4O[C@H](CO)[C@@H](O)[C@H](O)[C@@H]4O)[C@@H](O)[C@H](O[C@H]4O[C@H](CO)[C@@H](O)[C@H](O)[C@@H]4O)[C@@H]3O)[C@H](O)[C@H]2NC(C)=O)[C@@H](CO)O[C@H]1O. The predicted molar refractivity (Wildman–Crippen MR) is 190 cm³/mol. The van der Waals surface area contributed by atoms with E-state index >= 15 is 0 Å². The van der Waals surface area contributed by atoms with Gasteiger partial charge in [0.2, 0.25) is 11.8 Å². The van der Waals surface area contributed by atoms with Crippen molar-refractivity contribution >= 4 is 11.8 Å². The van der Waals surface area contributed by atoms with E-state index in [-0.39, 0.29) is 0 Å². The van der Waals surface area contributed by atoms with E-state index in [1.165, 1.54) is 0 Å². The number of rotatable bonds is 15. The zero-order valence-corrected chi connectivity index (χ0v) is 33.2. The van der Waals surface area contributed by atoms with Crippen molar-refractivity contribution in [1.29, 1.82) is 0 Å². The minimum Gasteiger partial charge on any atom is -0.394 e. The van der Waals surface area contributed by atoms with Crippen LogP contribution in [0.15, 0.2) is 0 Å². The van der Waals surface area contributed by atoms with E-state index in [0.717, 1.165) is 13.8 Å². The summed E-state index contributed by atoms with van der Waals surface area (Å²) in [6.07, 6.45) is -42.3. The largest absolute Gasteiger partial charge is 0.394 e. The van der Waals surface area contributed by atoms with Gasteiger partial charge in [0.1, 0.15) is 122 Å². The van der Waals surface area contributed by atoms with Crippen LogP contribution in [0.25, 0.3) is 0 Å². The van der Waals surface area contributed by atoms with Crippen molar-refractivity contribution in [3.8, 4) is 0 Å². The summed E-state index contributed by atoms with van der Waals surface area (Å²) in [7, 11) is 0. The lowest BCUT2D eigenvalue weighted by Gasteiger charge is -2.50. The van der Waals surface area contributed by atoms with Crippen molar-refractivity contribution in [1.82, 2.24) is 10.6 Å². The smallest absolute Gasteiger partial charge is 0.217 e. The number of amides is 2. The summed E-state index contributed by atoms with van der Waals surface area (Å²) in [6, 6.07) is -3.19. The average Bonchev–Trinajstić information content (AvgIpc) is 3.23. The maximum atomic E-state index is 12.4. The van der Waals surface area contributed by atoms with E-state index in [9.17, 15) is 86.2 Å². The molecule has 5 saturated heterocycles. The molecule has 0 saturated carbocycles. The minimum atomic E-state index is -2.18. The van der Waals surface area contributed by atoms with Crippen LogP contribution in [-0.2, 0) is 52.2 Å². The van der Waals surface area contributed by atoms with Crippen LogP contribution in [-0.4, -0.2) is 275 Å². The Kier molecular flexibility index (Phi) is 18.1. The molecule has 62 heavy (non-hydrogen) atoms. The Morgan fingerprint density at radius 1 is 0.419 bits per heavy atom. The maximum absolute atomic E-state index is 12.4. The molecule has 5 aliphatic rings. The summed E-state index contributed by atoms with van der Waals surface area (Å²) in [6.45, 7) is -2.31. The molecule has 360 valence electrons. The average molecular weight is 911 g/mol. The Labute approximate surface area is 351 Å². The van der Waals surface area contributed by atoms with Crippen molar-refractivity contribution in [3.63, 3.8) is 0 Å². The summed E-state index contributed by atoms with van der Waals surface area (Å²) in [4.78, 5) is 24.2. The van der Waals surface area contributed by atoms with Gasteiger partial charge >= 0.3 is 0 Å². The Morgan fingerprint density at radius 2 is 0.823 bits per heavy atom. The van der Waals surface area contributed by atoms with Crippen LogP contribution >= 0.6 is 0 Å². The summed E-state index contributed by atoms with van der Waals surface area (Å²) in [5.41, 5.74) is 0. The monoisotopic (exact) mass is 910 g/mol. The van der Waals surface area contributed by atoms with Gasteiger partial charge in [0.15, 0.2) is 31.5 Å². The molecular weight excluding hydrogens is 852 g/mol. The minimum absolute atomic E-state index is 0.693. The van der Waals surface area contributed by atoms with E-state index in [4.69, 9.17) is 42.6 Å². The van der Waals surface area contributed by atoms with Gasteiger partial charge < -0.3 is 130 Å². The molecule has 0 aromatic heterocycles. The molecule has 0 bridgehead atoms. The first-order valence-electron chi connectivity index (χ1n) is 19.6. The Balaban J connectivity index is 1.41. The highest BCUT2D eigenvalue weighted by Gasteiger charge is 2.56.